The third-order valence-electron chi connectivity index (χ3n) is 26.3. The average Bonchev–Trinajstić information content (AvgIpc) is 0.764. The van der Waals surface area contributed by atoms with Gasteiger partial charge in [-0.05, 0) is 83.9 Å². The molecular weight excluding hydrogens is 1610 g/mol. The number of nitrogens with one attached hydrogen (secondary N) is 1. The van der Waals surface area contributed by atoms with E-state index in [2.05, 4.69) is 98.5 Å². The molecule has 4 aromatic carbocycles. The topological polar surface area (TPSA) is 251 Å². The lowest BCUT2D eigenvalue weighted by atomic mass is 9.82. The number of alkyl halides is 3. The molecule has 27 heteroatoms. The van der Waals surface area contributed by atoms with Crippen LogP contribution in [0.4, 0.5) is 9.59 Å². The summed E-state index contributed by atoms with van der Waals surface area (Å²) < 4.78 is 136. The zero-order chi connectivity index (χ0) is 86.1. The van der Waals surface area contributed by atoms with Crippen molar-refractivity contribution in [2.75, 3.05) is 26.4 Å². The van der Waals surface area contributed by atoms with Crippen molar-refractivity contribution in [2.45, 2.75) is 321 Å². The summed E-state index contributed by atoms with van der Waals surface area (Å²) in [5, 5.41) is 15.4. The summed E-state index contributed by atoms with van der Waals surface area (Å²) in [5.74, 6) is -2.88. The molecule has 0 aromatic heterocycles. The minimum atomic E-state index is -1.86. The fourth-order valence-corrected chi connectivity index (χ4v) is 18.1. The molecule has 670 valence electrons. The van der Waals surface area contributed by atoms with Gasteiger partial charge in [-0.2, -0.15) is 0 Å². The van der Waals surface area contributed by atoms with Crippen LogP contribution in [0.5, 0.6) is 0 Å². The van der Waals surface area contributed by atoms with Crippen LogP contribution in [0, 0.1) is 65.1 Å². The van der Waals surface area contributed by atoms with Crippen LogP contribution in [-0.4, -0.2) is 195 Å². The lowest BCUT2D eigenvalue weighted by molar-refractivity contribution is -0.391. The quantitative estimate of drug-likeness (QED) is 0.0244. The third kappa shape index (κ3) is 24.5. The van der Waals surface area contributed by atoms with Gasteiger partial charge < -0.3 is 105 Å². The first-order chi connectivity index (χ1) is 57.6. The van der Waals surface area contributed by atoms with E-state index in [1.807, 2.05) is 146 Å². The van der Waals surface area contributed by atoms with Gasteiger partial charge in [0.1, 0.15) is 31.5 Å². The van der Waals surface area contributed by atoms with Crippen molar-refractivity contribution >= 4 is 47.1 Å². The SMILES string of the molecule is C=CCOC(=O)OC1[C@@H](OCC2O[C@@H](O[C@@H]3C(CC)O[C@@H](O[C@@H]4C(CC)O[C@@H](OCc5ccccc5)C(NC(=O)OCC(Cl)(Cl)Cl)[C@H]4C)C(C)[C@H]3C)C(OCc3ccccc3)[C@@H](O[C@@H]3OC(CC)[C@H](O)C(C)[C@@H]3O[C@@H]3OC(CC)[C@@H](O[C@@H]4OC(COCc5ccccc5)[C@H](C)[C@H](C)C4OCc4ccccc4)[C@H](C)C3C)[C@@H]2C)OC(CC)[C@@H](C)[C@@H]1C. The molecule has 120 heavy (non-hydrogen) atoms. The molecule has 11 rings (SSSR count). The summed E-state index contributed by atoms with van der Waals surface area (Å²) in [6.45, 7) is 37.6. The van der Waals surface area contributed by atoms with Gasteiger partial charge in [-0.1, -0.05) is 280 Å². The Morgan fingerprint density at radius 2 is 0.775 bits per heavy atom. The molecule has 0 bridgehead atoms. The van der Waals surface area contributed by atoms with Gasteiger partial charge in [0.2, 0.25) is 3.79 Å². The second kappa shape index (κ2) is 45.6. The van der Waals surface area contributed by atoms with Gasteiger partial charge in [-0.3, -0.25) is 0 Å². The molecule has 0 saturated carbocycles. The summed E-state index contributed by atoms with van der Waals surface area (Å²) in [7, 11) is 0. The number of aliphatic hydroxyl groups is 1. The number of carbonyl (C=O) groups is 2. The maximum atomic E-state index is 13.6. The molecule has 7 aliphatic rings. The predicted molar refractivity (Wildman–Crippen MR) is 452 cm³/mol. The van der Waals surface area contributed by atoms with Crippen molar-refractivity contribution < 1.29 is 109 Å². The van der Waals surface area contributed by atoms with Crippen LogP contribution in [0.2, 0.25) is 0 Å². The molecule has 24 nitrogen and oxygen atoms in total. The van der Waals surface area contributed by atoms with E-state index in [0.29, 0.717) is 51.9 Å². The van der Waals surface area contributed by atoms with E-state index in [-0.39, 0.29) is 86.0 Å². The molecule has 7 heterocycles. The molecule has 0 spiro atoms. The van der Waals surface area contributed by atoms with E-state index in [0.717, 1.165) is 22.3 Å². The van der Waals surface area contributed by atoms with E-state index in [1.165, 1.54) is 6.08 Å². The highest BCUT2D eigenvalue weighted by molar-refractivity contribution is 6.67. The maximum Gasteiger partial charge on any atom is 0.509 e. The molecule has 2 N–H and O–H groups in total. The predicted octanol–water partition coefficient (Wildman–Crippen LogP) is 17.2. The Morgan fingerprint density at radius 1 is 0.383 bits per heavy atom. The molecule has 7 saturated heterocycles. The average molecular weight is 1740 g/mol. The van der Waals surface area contributed by atoms with Crippen molar-refractivity contribution in [3.8, 4) is 0 Å². The molecule has 1 amide bonds. The van der Waals surface area contributed by atoms with E-state index in [9.17, 15) is 14.7 Å². The van der Waals surface area contributed by atoms with E-state index < -0.39 is 176 Å². The lowest BCUT2D eigenvalue weighted by Gasteiger charge is -2.53. The number of aliphatic hydroxyl groups excluding tert-OH is 1. The highest BCUT2D eigenvalue weighted by Crippen LogP contribution is 2.47. The summed E-state index contributed by atoms with van der Waals surface area (Å²) >= 11 is 18.1. The van der Waals surface area contributed by atoms with Crippen molar-refractivity contribution in [1.82, 2.24) is 5.32 Å². The van der Waals surface area contributed by atoms with Gasteiger partial charge in [0.05, 0.1) is 119 Å². The molecule has 35 atom stereocenters. The number of alkyl carbamates (subject to hydrolysis) is 1. The normalized spacial score (nSPS) is 38.7. The molecule has 7 aliphatic heterocycles. The number of carbonyl (C=O) groups excluding carboxylic acids is 2. The second-order valence-corrected chi connectivity index (χ2v) is 36.7. The van der Waals surface area contributed by atoms with Crippen molar-refractivity contribution in [3.05, 3.63) is 156 Å². The Bertz CT molecular complexity index is 3670. The molecule has 7 fully saturated rings. The molecule has 14 unspecified atom stereocenters. The van der Waals surface area contributed by atoms with Crippen LogP contribution in [0.1, 0.15) is 165 Å². The first-order valence-corrected chi connectivity index (χ1v) is 45.0. The van der Waals surface area contributed by atoms with Crippen molar-refractivity contribution in [1.29, 1.82) is 0 Å². The van der Waals surface area contributed by atoms with E-state index in [1.54, 1.807) is 0 Å². The Kier molecular flexibility index (Phi) is 36.5. The Morgan fingerprint density at radius 3 is 1.28 bits per heavy atom. The number of ether oxygens (including phenoxy) is 20. The van der Waals surface area contributed by atoms with Gasteiger partial charge >= 0.3 is 12.2 Å². The zero-order valence-electron chi connectivity index (χ0n) is 72.8. The number of hydrogen-bond donors (Lipinski definition) is 2. The largest absolute Gasteiger partial charge is 0.509 e. The fraction of sp³-hybridized carbons (Fsp3) is 0.699. The van der Waals surface area contributed by atoms with E-state index in [4.69, 9.17) is 130 Å². The molecular formula is C93H134Cl3NO23. The highest BCUT2D eigenvalue weighted by atomic mass is 35.6. The Labute approximate surface area is 726 Å². The fourth-order valence-electron chi connectivity index (χ4n) is 17.9. The van der Waals surface area contributed by atoms with Crippen LogP contribution in [0.25, 0.3) is 0 Å². The van der Waals surface area contributed by atoms with Gasteiger partial charge in [0.15, 0.2) is 50.1 Å². The first kappa shape index (κ1) is 96.0. The van der Waals surface area contributed by atoms with Gasteiger partial charge in [0, 0.05) is 35.5 Å². The number of halogens is 3. The number of amides is 1. The third-order valence-corrected chi connectivity index (χ3v) is 26.6. The van der Waals surface area contributed by atoms with Crippen LogP contribution in [0.3, 0.4) is 0 Å². The smallest absolute Gasteiger partial charge is 0.445 e. The number of benzene rings is 4. The summed E-state index contributed by atoms with van der Waals surface area (Å²) in [6.07, 6.45) is -14.9. The van der Waals surface area contributed by atoms with Crippen LogP contribution < -0.4 is 5.32 Å². The number of rotatable bonds is 36. The zero-order valence-corrected chi connectivity index (χ0v) is 75.1. The maximum absolute atomic E-state index is 13.6. The van der Waals surface area contributed by atoms with Crippen LogP contribution >= 0.6 is 34.8 Å². The molecule has 4 aromatic rings. The van der Waals surface area contributed by atoms with Gasteiger partial charge in [-0.15, -0.1) is 0 Å². The number of hydrogen-bond acceptors (Lipinski definition) is 23. The van der Waals surface area contributed by atoms with Crippen molar-refractivity contribution in [3.63, 3.8) is 0 Å². The van der Waals surface area contributed by atoms with Gasteiger partial charge in [-0.25, -0.2) is 9.59 Å². The van der Waals surface area contributed by atoms with Crippen LogP contribution in [0.15, 0.2) is 134 Å². The summed E-state index contributed by atoms with van der Waals surface area (Å²) in [4.78, 5) is 27.0. The van der Waals surface area contributed by atoms with Crippen molar-refractivity contribution in [2.24, 2.45) is 65.1 Å². The second-order valence-electron chi connectivity index (χ2n) is 34.2. The lowest BCUT2D eigenvalue weighted by Crippen LogP contribution is -2.64. The minimum absolute atomic E-state index is 0.0162. The Balaban J connectivity index is 0.893. The van der Waals surface area contributed by atoms with E-state index >= 15 is 0 Å². The molecule has 0 aliphatic carbocycles. The first-order valence-electron chi connectivity index (χ1n) is 43.8. The van der Waals surface area contributed by atoms with Crippen LogP contribution in [-0.2, 0) is 121 Å². The monoisotopic (exact) mass is 1740 g/mol. The van der Waals surface area contributed by atoms with Gasteiger partial charge in [0.25, 0.3) is 0 Å². The standard InChI is InChI=1S/C93H134Cl3NO23/c1-18-44-102-92(100)120-81-55(10)52(7)67(19-2)108-87(81)106-50-73-60(15)79(118-89-82(62(17)75(98)68(20-3)109-89)119-85-59(14)57(12)76(69(21-4)111-85)116-88-80(103-46-64-38-30-25-31-39-64)54(9)53(8)72(113-88)49-101-45-63-36-28-24-29-37-63)83(104-47-65-40-32-26-33-41-65)90(114-73)117-77-56(11)58(13)84(110-70(77)22-5)115-78-61(16)74(97-91(99)107-51-93(94,95)96)86(112-71(78)23-6)105-48-66-42-34-27-35-43-66/h18,24-43,52-62,67-90,98H,1,19-23,44-51H2,2-17H3,(H,97,99)/t52-,53+,54-,55-,56+,57+,58?,59?,60+,61+,62?,67?,68?,69?,70?,71?,72?,73?,74?,75+,76-,77-,78-,79-,80?,81?,82-,83?,84-,85-,86+,87-,88-,89-,90-/m0/s1. The minimum Gasteiger partial charge on any atom is -0.445 e. The highest BCUT2D eigenvalue weighted by Gasteiger charge is 2.58. The molecule has 0 radical (unpaired) electrons. The Hall–Kier alpha value is -4.69. The summed E-state index contributed by atoms with van der Waals surface area (Å²) in [5.41, 5.74) is 3.90. The summed E-state index contributed by atoms with van der Waals surface area (Å²) in [6, 6.07) is 39.0.